The van der Waals surface area contributed by atoms with Gasteiger partial charge >= 0.3 is 0 Å². The molecule has 0 saturated carbocycles. The number of aromatic amines is 1. The molecule has 0 bridgehead atoms. The predicted molar refractivity (Wildman–Crippen MR) is 125 cm³/mol. The van der Waals surface area contributed by atoms with Crippen LogP contribution in [0.4, 0.5) is 17.5 Å². The van der Waals surface area contributed by atoms with Crippen molar-refractivity contribution in [2.75, 3.05) is 30.5 Å². The van der Waals surface area contributed by atoms with Gasteiger partial charge in [-0.15, -0.1) is 0 Å². The van der Waals surface area contributed by atoms with Gasteiger partial charge < -0.3 is 24.6 Å². The number of anilines is 3. The molecular formula is C24H22N6O4. The number of hydrogen-bond donors (Lipinski definition) is 3. The molecule has 0 aliphatic carbocycles. The molecule has 2 aliphatic heterocycles. The summed E-state index contributed by atoms with van der Waals surface area (Å²) in [6, 6.07) is 15.1. The average Bonchev–Trinajstić information content (AvgIpc) is 3.38. The fourth-order valence-electron chi connectivity index (χ4n) is 4.22. The number of ether oxygens (including phenoxy) is 3. The van der Waals surface area contributed by atoms with Crippen molar-refractivity contribution in [1.82, 2.24) is 20.2 Å². The zero-order valence-electron chi connectivity index (χ0n) is 18.3. The summed E-state index contributed by atoms with van der Waals surface area (Å²) in [4.78, 5) is 11.0. The molecule has 2 aromatic carbocycles. The molecule has 4 heterocycles. The first kappa shape index (κ1) is 20.3. The van der Waals surface area contributed by atoms with E-state index in [1.54, 1.807) is 24.4 Å². The third kappa shape index (κ3) is 3.35. The highest BCUT2D eigenvalue weighted by atomic mass is 16.6. The second-order valence-corrected chi connectivity index (χ2v) is 7.93. The standard InChI is InChI=1S/C24H22N6O4/c1-32-18-7-3-2-6-17(18)30-22-15(21-16(23(30)31)12-27-29-21)11-26-24(28-22)25-10-14-13-33-19-8-4-5-9-20(19)34-14/h2-9,11-12,14,23,31H,10,13H2,1H3,(H,27,29)(H,25,26,28). The van der Waals surface area contributed by atoms with Crippen molar-refractivity contribution < 1.29 is 19.3 Å². The summed E-state index contributed by atoms with van der Waals surface area (Å²) in [6.07, 6.45) is 2.11. The highest BCUT2D eigenvalue weighted by molar-refractivity contribution is 5.85. The van der Waals surface area contributed by atoms with E-state index in [9.17, 15) is 5.11 Å². The Balaban J connectivity index is 1.32. The van der Waals surface area contributed by atoms with Gasteiger partial charge in [0.2, 0.25) is 5.95 Å². The highest BCUT2D eigenvalue weighted by Gasteiger charge is 2.35. The Bertz CT molecular complexity index is 1340. The number of methoxy groups -OCH3 is 1. The van der Waals surface area contributed by atoms with Gasteiger partial charge in [0.15, 0.2) is 23.5 Å². The number of rotatable bonds is 5. The molecule has 2 aliphatic rings. The van der Waals surface area contributed by atoms with Gasteiger partial charge in [-0.3, -0.25) is 10.00 Å². The lowest BCUT2D eigenvalue weighted by Gasteiger charge is -2.35. The second kappa shape index (κ2) is 8.23. The van der Waals surface area contributed by atoms with Gasteiger partial charge in [0, 0.05) is 11.8 Å². The lowest BCUT2D eigenvalue weighted by Crippen LogP contribution is -2.35. The molecule has 2 aromatic heterocycles. The molecule has 172 valence electrons. The van der Waals surface area contributed by atoms with E-state index in [0.717, 1.165) is 11.3 Å². The van der Waals surface area contributed by atoms with E-state index in [-0.39, 0.29) is 6.10 Å². The maximum Gasteiger partial charge on any atom is 0.224 e. The molecule has 6 rings (SSSR count). The lowest BCUT2D eigenvalue weighted by molar-refractivity contribution is 0.0996. The zero-order chi connectivity index (χ0) is 23.1. The molecule has 2 atom stereocenters. The third-order valence-electron chi connectivity index (χ3n) is 5.86. The van der Waals surface area contributed by atoms with Crippen molar-refractivity contribution >= 4 is 17.5 Å². The molecular weight excluding hydrogens is 436 g/mol. The van der Waals surface area contributed by atoms with Crippen LogP contribution in [0.25, 0.3) is 11.3 Å². The number of hydrogen-bond acceptors (Lipinski definition) is 9. The van der Waals surface area contributed by atoms with Crippen LogP contribution in [0.15, 0.2) is 60.9 Å². The van der Waals surface area contributed by atoms with Crippen LogP contribution in [0.2, 0.25) is 0 Å². The summed E-state index contributed by atoms with van der Waals surface area (Å²) < 4.78 is 17.4. The molecule has 2 unspecified atom stereocenters. The lowest BCUT2D eigenvalue weighted by atomic mass is 10.0. The van der Waals surface area contributed by atoms with Crippen LogP contribution in [0.1, 0.15) is 11.8 Å². The summed E-state index contributed by atoms with van der Waals surface area (Å²) in [5.74, 6) is 2.98. The van der Waals surface area contributed by atoms with Crippen molar-refractivity contribution in [3.05, 3.63) is 66.5 Å². The van der Waals surface area contributed by atoms with E-state index in [4.69, 9.17) is 19.2 Å². The first-order valence-corrected chi connectivity index (χ1v) is 10.9. The van der Waals surface area contributed by atoms with Gasteiger partial charge in [-0.25, -0.2) is 4.98 Å². The average molecular weight is 458 g/mol. The van der Waals surface area contributed by atoms with E-state index in [1.165, 1.54) is 0 Å². The van der Waals surface area contributed by atoms with Crippen molar-refractivity contribution in [1.29, 1.82) is 0 Å². The number of nitrogens with one attached hydrogen (secondary N) is 2. The Labute approximate surface area is 195 Å². The van der Waals surface area contributed by atoms with Crippen LogP contribution in [-0.4, -0.2) is 51.6 Å². The van der Waals surface area contributed by atoms with Gasteiger partial charge in [0.25, 0.3) is 0 Å². The topological polar surface area (TPSA) is 118 Å². The van der Waals surface area contributed by atoms with Crippen molar-refractivity contribution in [2.24, 2.45) is 0 Å². The van der Waals surface area contributed by atoms with Crippen LogP contribution in [0.3, 0.4) is 0 Å². The first-order valence-electron chi connectivity index (χ1n) is 10.9. The Hall–Kier alpha value is -4.31. The molecule has 0 amide bonds. The number of aliphatic hydroxyl groups excluding tert-OH is 1. The van der Waals surface area contributed by atoms with Gasteiger partial charge in [-0.2, -0.15) is 10.1 Å². The number of aliphatic hydroxyl groups is 1. The minimum absolute atomic E-state index is 0.204. The number of H-pyrrole nitrogens is 1. The second-order valence-electron chi connectivity index (χ2n) is 7.93. The highest BCUT2D eigenvalue weighted by Crippen LogP contribution is 2.47. The minimum Gasteiger partial charge on any atom is -0.495 e. The summed E-state index contributed by atoms with van der Waals surface area (Å²) in [6.45, 7) is 0.859. The normalized spacial score (nSPS) is 18.1. The Morgan fingerprint density at radius 2 is 1.97 bits per heavy atom. The van der Waals surface area contributed by atoms with Crippen LogP contribution in [-0.2, 0) is 0 Å². The molecule has 4 aromatic rings. The molecule has 10 nitrogen and oxygen atoms in total. The quantitative estimate of drug-likeness (QED) is 0.414. The van der Waals surface area contributed by atoms with Crippen molar-refractivity contribution in [2.45, 2.75) is 12.3 Å². The van der Waals surface area contributed by atoms with Crippen LogP contribution >= 0.6 is 0 Å². The molecule has 0 fully saturated rings. The smallest absolute Gasteiger partial charge is 0.224 e. The summed E-state index contributed by atoms with van der Waals surface area (Å²) in [7, 11) is 1.59. The maximum atomic E-state index is 11.2. The van der Waals surface area contributed by atoms with Gasteiger partial charge in [0.05, 0.1) is 36.8 Å². The van der Waals surface area contributed by atoms with Crippen LogP contribution in [0, 0.1) is 0 Å². The van der Waals surface area contributed by atoms with Gasteiger partial charge in [-0.05, 0) is 24.3 Å². The first-order chi connectivity index (χ1) is 16.7. The molecule has 0 spiro atoms. The summed E-state index contributed by atoms with van der Waals surface area (Å²) >= 11 is 0. The number of benzene rings is 2. The molecule has 0 radical (unpaired) electrons. The van der Waals surface area contributed by atoms with E-state index in [2.05, 4.69) is 20.5 Å². The van der Waals surface area contributed by atoms with E-state index in [0.29, 0.717) is 53.4 Å². The number of fused-ring (bicyclic) bond motifs is 4. The van der Waals surface area contributed by atoms with Gasteiger partial charge in [-0.1, -0.05) is 24.3 Å². The monoisotopic (exact) mass is 458 g/mol. The van der Waals surface area contributed by atoms with Crippen molar-refractivity contribution in [3.8, 4) is 28.5 Å². The third-order valence-corrected chi connectivity index (χ3v) is 5.86. The Kier molecular flexibility index (Phi) is 4.92. The molecule has 34 heavy (non-hydrogen) atoms. The summed E-state index contributed by atoms with van der Waals surface area (Å²) in [5.41, 5.74) is 2.71. The zero-order valence-corrected chi connectivity index (χ0v) is 18.3. The Morgan fingerprint density at radius 1 is 1.15 bits per heavy atom. The van der Waals surface area contributed by atoms with Crippen LogP contribution in [0.5, 0.6) is 17.2 Å². The summed E-state index contributed by atoms with van der Waals surface area (Å²) in [5, 5.41) is 21.5. The van der Waals surface area contributed by atoms with Crippen molar-refractivity contribution in [3.63, 3.8) is 0 Å². The molecule has 0 saturated heterocycles. The SMILES string of the molecule is COc1ccccc1N1c2nc(NCC3COc4ccccc4O3)ncc2-c2[nH]ncc2C1O. The fourth-order valence-corrected chi connectivity index (χ4v) is 4.22. The fraction of sp³-hybridized carbons (Fsp3) is 0.208. The minimum atomic E-state index is -1.01. The van der Waals surface area contributed by atoms with E-state index < -0.39 is 6.23 Å². The number of para-hydroxylation sites is 4. The molecule has 10 heteroatoms. The van der Waals surface area contributed by atoms with E-state index >= 15 is 0 Å². The number of aromatic nitrogens is 4. The largest absolute Gasteiger partial charge is 0.495 e. The van der Waals surface area contributed by atoms with Gasteiger partial charge in [0.1, 0.15) is 18.5 Å². The molecule has 3 N–H and O–H groups in total. The van der Waals surface area contributed by atoms with E-state index in [1.807, 2.05) is 48.5 Å². The predicted octanol–water partition coefficient (Wildman–Crippen LogP) is 3.27. The maximum absolute atomic E-state index is 11.2. The number of nitrogens with zero attached hydrogens (tertiary/aromatic N) is 4. The van der Waals surface area contributed by atoms with Crippen LogP contribution < -0.4 is 24.4 Å². The Morgan fingerprint density at radius 3 is 2.85 bits per heavy atom.